The monoisotopic (exact) mass is 165 g/mol. The number of nitrogens with two attached hydrogens (primary N) is 1. The molecule has 1 aliphatic rings. The van der Waals surface area contributed by atoms with Crippen molar-refractivity contribution in [1.29, 1.82) is 0 Å². The lowest BCUT2D eigenvalue weighted by Gasteiger charge is -2.09. The Hall–Kier alpha value is -0.830. The van der Waals surface area contributed by atoms with Gasteiger partial charge in [0, 0.05) is 24.5 Å². The lowest BCUT2D eigenvalue weighted by atomic mass is 10.1. The van der Waals surface area contributed by atoms with Crippen LogP contribution in [0, 0.1) is 5.92 Å². The van der Waals surface area contributed by atoms with Gasteiger partial charge in [-0.2, -0.15) is 5.10 Å². The fourth-order valence-corrected chi connectivity index (χ4v) is 1.62. The van der Waals surface area contributed by atoms with Crippen molar-refractivity contribution in [1.82, 2.24) is 9.78 Å². The molecule has 0 radical (unpaired) electrons. The fraction of sp³-hybridized carbons (Fsp3) is 0.667. The first kappa shape index (κ1) is 7.80. The zero-order valence-corrected chi connectivity index (χ0v) is 7.40. The quantitative estimate of drug-likeness (QED) is 0.726. The van der Waals surface area contributed by atoms with Gasteiger partial charge in [-0.15, -0.1) is 0 Å². The molecule has 0 bridgehead atoms. The van der Waals surface area contributed by atoms with E-state index >= 15 is 0 Å². The normalized spacial score (nSPS) is 33.7. The zero-order valence-electron chi connectivity index (χ0n) is 7.40. The molecular formula is C9H15N3. The molecule has 2 atom stereocenters. The van der Waals surface area contributed by atoms with Crippen LogP contribution < -0.4 is 5.73 Å². The van der Waals surface area contributed by atoms with Crippen molar-refractivity contribution in [3.8, 4) is 0 Å². The standard InChI is InChI=1S/C9H15N3/c1-8-7-9(8,10)3-6-12-5-2-4-11-12/h2,4-5,8H,3,6-7,10H2,1H3. The van der Waals surface area contributed by atoms with Crippen molar-refractivity contribution < 1.29 is 0 Å². The van der Waals surface area contributed by atoms with Crippen molar-refractivity contribution in [3.63, 3.8) is 0 Å². The molecule has 1 aromatic heterocycles. The van der Waals surface area contributed by atoms with Crippen LogP contribution >= 0.6 is 0 Å². The molecular weight excluding hydrogens is 150 g/mol. The molecule has 3 nitrogen and oxygen atoms in total. The molecule has 1 aromatic rings. The van der Waals surface area contributed by atoms with E-state index in [2.05, 4.69) is 12.0 Å². The second kappa shape index (κ2) is 2.59. The fourth-order valence-electron chi connectivity index (χ4n) is 1.62. The molecule has 66 valence electrons. The van der Waals surface area contributed by atoms with E-state index in [0.29, 0.717) is 5.92 Å². The van der Waals surface area contributed by atoms with E-state index in [-0.39, 0.29) is 5.54 Å². The zero-order chi connectivity index (χ0) is 8.60. The Bertz CT molecular complexity index is 255. The predicted molar refractivity (Wildman–Crippen MR) is 47.5 cm³/mol. The minimum Gasteiger partial charge on any atom is -0.325 e. The minimum absolute atomic E-state index is 0.117. The van der Waals surface area contributed by atoms with Gasteiger partial charge in [-0.25, -0.2) is 0 Å². The van der Waals surface area contributed by atoms with E-state index in [1.54, 1.807) is 6.20 Å². The Morgan fingerprint density at radius 1 is 1.75 bits per heavy atom. The van der Waals surface area contributed by atoms with E-state index < -0.39 is 0 Å². The summed E-state index contributed by atoms with van der Waals surface area (Å²) in [6, 6.07) is 1.94. The molecule has 0 spiro atoms. The number of hydrogen-bond acceptors (Lipinski definition) is 2. The number of rotatable bonds is 3. The highest BCUT2D eigenvalue weighted by Crippen LogP contribution is 2.43. The van der Waals surface area contributed by atoms with Crippen molar-refractivity contribution >= 4 is 0 Å². The average molecular weight is 165 g/mol. The molecule has 2 N–H and O–H groups in total. The summed E-state index contributed by atoms with van der Waals surface area (Å²) in [4.78, 5) is 0. The summed E-state index contributed by atoms with van der Waals surface area (Å²) in [6.07, 6.45) is 6.01. The van der Waals surface area contributed by atoms with Gasteiger partial charge in [-0.3, -0.25) is 4.68 Å². The number of hydrogen-bond donors (Lipinski definition) is 1. The first-order valence-corrected chi connectivity index (χ1v) is 4.47. The van der Waals surface area contributed by atoms with Crippen LogP contribution in [0.5, 0.6) is 0 Å². The summed E-state index contributed by atoms with van der Waals surface area (Å²) in [5, 5.41) is 4.13. The van der Waals surface area contributed by atoms with Gasteiger partial charge in [0.1, 0.15) is 0 Å². The van der Waals surface area contributed by atoms with Gasteiger partial charge in [0.25, 0.3) is 0 Å². The SMILES string of the molecule is CC1CC1(N)CCn1cccn1. The number of nitrogens with zero attached hydrogens (tertiary/aromatic N) is 2. The molecule has 2 rings (SSSR count). The van der Waals surface area contributed by atoms with Crippen molar-refractivity contribution in [2.75, 3.05) is 0 Å². The third-order valence-electron chi connectivity index (χ3n) is 2.87. The van der Waals surface area contributed by atoms with Crippen LogP contribution in [0.25, 0.3) is 0 Å². The molecule has 0 aliphatic heterocycles. The molecule has 1 heterocycles. The van der Waals surface area contributed by atoms with Crippen LogP contribution in [0.15, 0.2) is 18.5 Å². The Labute approximate surface area is 72.6 Å². The highest BCUT2D eigenvalue weighted by Gasteiger charge is 2.46. The largest absolute Gasteiger partial charge is 0.325 e. The summed E-state index contributed by atoms with van der Waals surface area (Å²) in [6.45, 7) is 3.16. The van der Waals surface area contributed by atoms with Crippen molar-refractivity contribution in [2.45, 2.75) is 31.8 Å². The van der Waals surface area contributed by atoms with Crippen LogP contribution in [0.1, 0.15) is 19.8 Å². The molecule has 3 heteroatoms. The van der Waals surface area contributed by atoms with E-state index in [4.69, 9.17) is 5.73 Å². The van der Waals surface area contributed by atoms with Crippen molar-refractivity contribution in [2.24, 2.45) is 11.7 Å². The van der Waals surface area contributed by atoms with Gasteiger partial charge < -0.3 is 5.73 Å². The predicted octanol–water partition coefficient (Wildman–Crippen LogP) is 1.01. The summed E-state index contributed by atoms with van der Waals surface area (Å²) in [5.41, 5.74) is 6.18. The first-order chi connectivity index (χ1) is 5.71. The summed E-state index contributed by atoms with van der Waals surface area (Å²) < 4.78 is 1.94. The molecule has 2 unspecified atom stereocenters. The highest BCUT2D eigenvalue weighted by atomic mass is 15.3. The maximum atomic E-state index is 6.07. The van der Waals surface area contributed by atoms with Crippen molar-refractivity contribution in [3.05, 3.63) is 18.5 Å². The Kier molecular flexibility index (Phi) is 1.68. The van der Waals surface area contributed by atoms with Gasteiger partial charge in [-0.05, 0) is 24.8 Å². The Morgan fingerprint density at radius 2 is 2.50 bits per heavy atom. The summed E-state index contributed by atoms with van der Waals surface area (Å²) in [7, 11) is 0. The lowest BCUT2D eigenvalue weighted by molar-refractivity contribution is 0.479. The highest BCUT2D eigenvalue weighted by molar-refractivity contribution is 5.05. The van der Waals surface area contributed by atoms with Gasteiger partial charge >= 0.3 is 0 Å². The molecule has 1 fully saturated rings. The molecule has 12 heavy (non-hydrogen) atoms. The summed E-state index contributed by atoms with van der Waals surface area (Å²) >= 11 is 0. The second-order valence-electron chi connectivity index (χ2n) is 3.86. The van der Waals surface area contributed by atoms with E-state index in [0.717, 1.165) is 13.0 Å². The Balaban J connectivity index is 1.84. The van der Waals surface area contributed by atoms with Crippen LogP contribution in [-0.4, -0.2) is 15.3 Å². The third kappa shape index (κ3) is 1.37. The van der Waals surface area contributed by atoms with Crippen LogP contribution in [0.4, 0.5) is 0 Å². The van der Waals surface area contributed by atoms with Gasteiger partial charge in [0.15, 0.2) is 0 Å². The van der Waals surface area contributed by atoms with Crippen LogP contribution in [-0.2, 0) is 6.54 Å². The Morgan fingerprint density at radius 3 is 3.00 bits per heavy atom. The molecule has 1 aliphatic carbocycles. The average Bonchev–Trinajstić information content (AvgIpc) is 2.57. The first-order valence-electron chi connectivity index (χ1n) is 4.47. The summed E-state index contributed by atoms with van der Waals surface area (Å²) in [5.74, 6) is 0.702. The minimum atomic E-state index is 0.117. The topological polar surface area (TPSA) is 43.8 Å². The van der Waals surface area contributed by atoms with Crippen LogP contribution in [0.3, 0.4) is 0 Å². The molecule has 1 saturated carbocycles. The molecule has 0 amide bonds. The molecule has 0 aromatic carbocycles. The van der Waals surface area contributed by atoms with E-state index in [1.807, 2.05) is 16.9 Å². The van der Waals surface area contributed by atoms with E-state index in [1.165, 1.54) is 6.42 Å². The third-order valence-corrected chi connectivity index (χ3v) is 2.87. The number of aromatic nitrogens is 2. The smallest absolute Gasteiger partial charge is 0.0489 e. The second-order valence-corrected chi connectivity index (χ2v) is 3.86. The van der Waals surface area contributed by atoms with E-state index in [9.17, 15) is 0 Å². The van der Waals surface area contributed by atoms with Gasteiger partial charge in [0.2, 0.25) is 0 Å². The van der Waals surface area contributed by atoms with Gasteiger partial charge in [0.05, 0.1) is 0 Å². The lowest BCUT2D eigenvalue weighted by Crippen LogP contribution is -2.26. The maximum Gasteiger partial charge on any atom is 0.0489 e. The molecule has 0 saturated heterocycles. The number of aryl methyl sites for hydroxylation is 1. The van der Waals surface area contributed by atoms with Gasteiger partial charge in [-0.1, -0.05) is 6.92 Å². The maximum absolute atomic E-state index is 6.07. The van der Waals surface area contributed by atoms with Crippen LogP contribution in [0.2, 0.25) is 0 Å².